The van der Waals surface area contributed by atoms with Gasteiger partial charge in [-0.3, -0.25) is 4.98 Å². The number of nitrogens with one attached hydrogen (secondary N) is 1. The molecular formula is C17H30N2O. The second kappa shape index (κ2) is 11.7. The lowest BCUT2D eigenvalue weighted by Gasteiger charge is -2.07. The third kappa shape index (κ3) is 8.16. The lowest BCUT2D eigenvalue weighted by Crippen LogP contribution is -2.02. The first kappa shape index (κ1) is 17.0. The van der Waals surface area contributed by atoms with Crippen molar-refractivity contribution < 1.29 is 4.74 Å². The third-order valence-corrected chi connectivity index (χ3v) is 3.29. The molecule has 1 rings (SSSR count). The Morgan fingerprint density at radius 2 is 1.85 bits per heavy atom. The summed E-state index contributed by atoms with van der Waals surface area (Å²) < 4.78 is 5.70. The molecule has 3 heteroatoms. The molecule has 1 aromatic rings. The number of pyridine rings is 1. The largest absolute Gasteiger partial charge is 0.385 e. The predicted octanol–water partition coefficient (Wildman–Crippen LogP) is 4.78. The molecule has 1 aromatic heterocycles. The van der Waals surface area contributed by atoms with Gasteiger partial charge in [0.25, 0.3) is 0 Å². The third-order valence-electron chi connectivity index (χ3n) is 3.29. The molecule has 0 fully saturated rings. The molecule has 0 spiro atoms. The van der Waals surface area contributed by atoms with Gasteiger partial charge in [0.05, 0.1) is 12.3 Å². The van der Waals surface area contributed by atoms with Gasteiger partial charge < -0.3 is 10.1 Å². The monoisotopic (exact) mass is 278 g/mol. The van der Waals surface area contributed by atoms with Crippen LogP contribution in [-0.4, -0.2) is 18.1 Å². The molecule has 0 aromatic carbocycles. The van der Waals surface area contributed by atoms with Crippen LogP contribution >= 0.6 is 0 Å². The molecule has 20 heavy (non-hydrogen) atoms. The normalized spacial score (nSPS) is 10.7. The Morgan fingerprint density at radius 3 is 2.65 bits per heavy atom. The van der Waals surface area contributed by atoms with E-state index < -0.39 is 0 Å². The minimum absolute atomic E-state index is 0.622. The van der Waals surface area contributed by atoms with Gasteiger partial charge in [0.1, 0.15) is 0 Å². The number of unbranched alkanes of at least 4 members (excludes halogenated alkanes) is 5. The fraction of sp³-hybridized carbons (Fsp3) is 0.706. The zero-order valence-corrected chi connectivity index (χ0v) is 13.2. The molecular weight excluding hydrogens is 248 g/mol. The average Bonchev–Trinajstić information content (AvgIpc) is 2.48. The Bertz CT molecular complexity index is 342. The molecule has 0 aliphatic heterocycles. The first-order valence-electron chi connectivity index (χ1n) is 8.13. The summed E-state index contributed by atoms with van der Waals surface area (Å²) in [6.45, 7) is 6.89. The van der Waals surface area contributed by atoms with E-state index in [-0.39, 0.29) is 0 Å². The molecule has 0 amide bonds. The highest BCUT2D eigenvalue weighted by atomic mass is 16.5. The Labute approximate surface area is 124 Å². The first-order chi connectivity index (χ1) is 9.86. The van der Waals surface area contributed by atoms with Crippen molar-refractivity contribution in [1.82, 2.24) is 4.98 Å². The molecule has 3 nitrogen and oxygen atoms in total. The van der Waals surface area contributed by atoms with E-state index in [2.05, 4.69) is 30.2 Å². The number of nitrogens with zero attached hydrogens (tertiary/aromatic N) is 1. The second-order valence-electron chi connectivity index (χ2n) is 5.28. The SMILES string of the molecule is CCCCCCCCOCc1cc(NCCC)ccn1. The van der Waals surface area contributed by atoms with E-state index in [4.69, 9.17) is 4.74 Å². The number of hydrogen-bond acceptors (Lipinski definition) is 3. The van der Waals surface area contributed by atoms with Gasteiger partial charge in [-0.05, 0) is 25.0 Å². The van der Waals surface area contributed by atoms with Crippen LogP contribution in [0.15, 0.2) is 18.3 Å². The molecule has 114 valence electrons. The van der Waals surface area contributed by atoms with Crippen LogP contribution in [0.2, 0.25) is 0 Å². The Morgan fingerprint density at radius 1 is 1.05 bits per heavy atom. The van der Waals surface area contributed by atoms with Crippen molar-refractivity contribution in [2.75, 3.05) is 18.5 Å². The standard InChI is InChI=1S/C17H30N2O/c1-3-5-6-7-8-9-13-20-15-17-14-16(10-12-19-17)18-11-4-2/h10,12,14H,3-9,11,13,15H2,1-2H3,(H,18,19). The van der Waals surface area contributed by atoms with Crippen molar-refractivity contribution in [1.29, 1.82) is 0 Å². The van der Waals surface area contributed by atoms with Crippen molar-refractivity contribution in [3.8, 4) is 0 Å². The van der Waals surface area contributed by atoms with Gasteiger partial charge in [-0.1, -0.05) is 46.0 Å². The van der Waals surface area contributed by atoms with Crippen LogP contribution in [0.3, 0.4) is 0 Å². The van der Waals surface area contributed by atoms with E-state index in [0.717, 1.165) is 37.4 Å². The molecule has 1 N–H and O–H groups in total. The Hall–Kier alpha value is -1.09. The van der Waals surface area contributed by atoms with Crippen molar-refractivity contribution >= 4 is 5.69 Å². The van der Waals surface area contributed by atoms with E-state index in [9.17, 15) is 0 Å². The molecule has 0 saturated heterocycles. The number of rotatable bonds is 12. The van der Waals surface area contributed by atoms with E-state index in [1.54, 1.807) is 0 Å². The summed E-state index contributed by atoms with van der Waals surface area (Å²) in [5.41, 5.74) is 2.15. The van der Waals surface area contributed by atoms with Gasteiger partial charge in [-0.25, -0.2) is 0 Å². The first-order valence-corrected chi connectivity index (χ1v) is 8.13. The second-order valence-corrected chi connectivity index (χ2v) is 5.28. The summed E-state index contributed by atoms with van der Waals surface area (Å²) in [5, 5.41) is 3.37. The van der Waals surface area contributed by atoms with Gasteiger partial charge in [-0.15, -0.1) is 0 Å². The molecule has 0 atom stereocenters. The zero-order valence-electron chi connectivity index (χ0n) is 13.2. The van der Waals surface area contributed by atoms with Gasteiger partial charge in [0.2, 0.25) is 0 Å². The topological polar surface area (TPSA) is 34.1 Å². The number of anilines is 1. The van der Waals surface area contributed by atoms with Gasteiger partial charge in [0.15, 0.2) is 0 Å². The van der Waals surface area contributed by atoms with E-state index in [1.165, 1.54) is 32.1 Å². The highest BCUT2D eigenvalue weighted by molar-refractivity contribution is 5.42. The molecule has 0 aliphatic rings. The number of aromatic nitrogens is 1. The predicted molar refractivity (Wildman–Crippen MR) is 86.0 cm³/mol. The van der Waals surface area contributed by atoms with E-state index in [0.29, 0.717) is 6.61 Å². The highest BCUT2D eigenvalue weighted by Gasteiger charge is 1.98. The maximum Gasteiger partial charge on any atom is 0.0888 e. The quantitative estimate of drug-likeness (QED) is 0.559. The minimum atomic E-state index is 0.622. The fourth-order valence-electron chi connectivity index (χ4n) is 2.10. The number of hydrogen-bond donors (Lipinski definition) is 1. The number of ether oxygens (including phenoxy) is 1. The average molecular weight is 278 g/mol. The lowest BCUT2D eigenvalue weighted by atomic mass is 10.1. The van der Waals surface area contributed by atoms with E-state index >= 15 is 0 Å². The highest BCUT2D eigenvalue weighted by Crippen LogP contribution is 2.10. The summed E-state index contributed by atoms with van der Waals surface area (Å²) >= 11 is 0. The van der Waals surface area contributed by atoms with Gasteiger partial charge >= 0.3 is 0 Å². The van der Waals surface area contributed by atoms with Crippen LogP contribution in [0.5, 0.6) is 0 Å². The summed E-state index contributed by atoms with van der Waals surface area (Å²) in [6, 6.07) is 4.09. The summed E-state index contributed by atoms with van der Waals surface area (Å²) in [7, 11) is 0. The molecule has 0 aliphatic carbocycles. The molecule has 0 unspecified atom stereocenters. The lowest BCUT2D eigenvalue weighted by molar-refractivity contribution is 0.114. The molecule has 0 bridgehead atoms. The van der Waals surface area contributed by atoms with Crippen molar-refractivity contribution in [3.63, 3.8) is 0 Å². The summed E-state index contributed by atoms with van der Waals surface area (Å²) in [5.74, 6) is 0. The van der Waals surface area contributed by atoms with Crippen LogP contribution in [-0.2, 0) is 11.3 Å². The Kier molecular flexibility index (Phi) is 9.93. The molecule has 0 radical (unpaired) electrons. The molecule has 0 saturated carbocycles. The van der Waals surface area contributed by atoms with Crippen molar-refractivity contribution in [2.24, 2.45) is 0 Å². The van der Waals surface area contributed by atoms with Crippen LogP contribution < -0.4 is 5.32 Å². The van der Waals surface area contributed by atoms with Crippen molar-refractivity contribution in [3.05, 3.63) is 24.0 Å². The maximum atomic E-state index is 5.70. The smallest absolute Gasteiger partial charge is 0.0888 e. The van der Waals surface area contributed by atoms with Crippen LogP contribution in [0, 0.1) is 0 Å². The van der Waals surface area contributed by atoms with Crippen LogP contribution in [0.4, 0.5) is 5.69 Å². The van der Waals surface area contributed by atoms with Crippen molar-refractivity contribution in [2.45, 2.75) is 65.4 Å². The van der Waals surface area contributed by atoms with Crippen LogP contribution in [0.1, 0.15) is 64.5 Å². The Balaban J connectivity index is 2.09. The minimum Gasteiger partial charge on any atom is -0.385 e. The van der Waals surface area contributed by atoms with Gasteiger partial charge in [0, 0.05) is 25.0 Å². The molecule has 1 heterocycles. The van der Waals surface area contributed by atoms with E-state index in [1.807, 2.05) is 12.3 Å². The van der Waals surface area contributed by atoms with Crippen LogP contribution in [0.25, 0.3) is 0 Å². The fourth-order valence-corrected chi connectivity index (χ4v) is 2.10. The zero-order chi connectivity index (χ0) is 14.5. The maximum absolute atomic E-state index is 5.70. The summed E-state index contributed by atoms with van der Waals surface area (Å²) in [4.78, 5) is 4.34. The summed E-state index contributed by atoms with van der Waals surface area (Å²) in [6.07, 6.45) is 10.8. The van der Waals surface area contributed by atoms with Gasteiger partial charge in [-0.2, -0.15) is 0 Å².